The Kier molecular flexibility index (Phi) is 3.79. The number of carbonyl (C=O) groups excluding carboxylic acids is 1. The normalized spacial score (nSPS) is 19.7. The first kappa shape index (κ1) is 13.9. The number of aliphatic hydroxyl groups is 1. The van der Waals surface area contributed by atoms with E-state index in [1.165, 1.54) is 0 Å². The zero-order chi connectivity index (χ0) is 14.8. The van der Waals surface area contributed by atoms with Gasteiger partial charge in [-0.3, -0.25) is 10.1 Å². The number of nitrogens with one attached hydrogen (secondary N) is 1. The molecule has 0 aliphatic carbocycles. The Bertz CT molecular complexity index is 586. The molecule has 0 spiro atoms. The number of nitrogens with zero attached hydrogens (tertiary/aromatic N) is 2. The zero-order valence-electron chi connectivity index (χ0n) is 12.0. The molecular weight excluding hydrogens is 270 g/mol. The fraction of sp³-hybridized carbons (Fsp3) is 0.467. The average Bonchev–Trinajstić information content (AvgIpc) is 2.76. The van der Waals surface area contributed by atoms with Gasteiger partial charge in [0.05, 0.1) is 12.3 Å². The van der Waals surface area contributed by atoms with E-state index >= 15 is 0 Å². The zero-order valence-corrected chi connectivity index (χ0v) is 12.0. The summed E-state index contributed by atoms with van der Waals surface area (Å²) in [7, 11) is 0. The van der Waals surface area contributed by atoms with Crippen LogP contribution in [0.25, 0.3) is 0 Å². The lowest BCUT2D eigenvalue weighted by molar-refractivity contribution is -0.121. The lowest BCUT2D eigenvalue weighted by Crippen LogP contribution is -2.35. The fourth-order valence-corrected chi connectivity index (χ4v) is 2.50. The average molecular weight is 289 g/mol. The van der Waals surface area contributed by atoms with Crippen molar-refractivity contribution >= 4 is 17.6 Å². The van der Waals surface area contributed by atoms with Crippen molar-refractivity contribution < 1.29 is 14.6 Å². The fourth-order valence-electron chi connectivity index (χ4n) is 2.50. The molecule has 6 nitrogen and oxygen atoms in total. The SMILES string of the molecule is CC1C(=O)NC2=Nc3ccc(OCCCCO)cc3CN21. The molecule has 1 amide bonds. The number of hydrogen-bond acceptors (Lipinski definition) is 5. The highest BCUT2D eigenvalue weighted by Crippen LogP contribution is 2.31. The molecule has 0 bridgehead atoms. The third-order valence-electron chi connectivity index (χ3n) is 3.79. The minimum atomic E-state index is -0.189. The van der Waals surface area contributed by atoms with Crippen LogP contribution in [0.1, 0.15) is 25.3 Å². The predicted molar refractivity (Wildman–Crippen MR) is 78.5 cm³/mol. The van der Waals surface area contributed by atoms with E-state index in [9.17, 15) is 4.79 Å². The Balaban J connectivity index is 1.73. The molecule has 1 aromatic carbocycles. The van der Waals surface area contributed by atoms with E-state index in [4.69, 9.17) is 9.84 Å². The van der Waals surface area contributed by atoms with Gasteiger partial charge in [0.1, 0.15) is 11.8 Å². The van der Waals surface area contributed by atoms with Crippen LogP contribution in [0, 0.1) is 0 Å². The van der Waals surface area contributed by atoms with Crippen molar-refractivity contribution in [3.05, 3.63) is 23.8 Å². The van der Waals surface area contributed by atoms with Crippen molar-refractivity contribution in [1.29, 1.82) is 0 Å². The Morgan fingerprint density at radius 3 is 3.14 bits per heavy atom. The Labute approximate surface area is 123 Å². The second-order valence-corrected chi connectivity index (χ2v) is 5.30. The van der Waals surface area contributed by atoms with Crippen LogP contribution in [0.2, 0.25) is 0 Å². The van der Waals surface area contributed by atoms with E-state index in [1.807, 2.05) is 30.0 Å². The summed E-state index contributed by atoms with van der Waals surface area (Å²) in [6.07, 6.45) is 1.58. The summed E-state index contributed by atoms with van der Waals surface area (Å²) in [5.41, 5.74) is 1.93. The number of fused-ring (bicyclic) bond motifs is 2. The van der Waals surface area contributed by atoms with Crippen LogP contribution in [0.4, 0.5) is 5.69 Å². The van der Waals surface area contributed by atoms with Crippen LogP contribution in [0.5, 0.6) is 5.75 Å². The summed E-state index contributed by atoms with van der Waals surface area (Å²) < 4.78 is 5.67. The molecule has 2 aliphatic heterocycles. The van der Waals surface area contributed by atoms with Gasteiger partial charge in [0.25, 0.3) is 0 Å². The summed E-state index contributed by atoms with van der Waals surface area (Å²) in [5.74, 6) is 1.43. The number of hydrogen-bond donors (Lipinski definition) is 2. The molecule has 1 saturated heterocycles. The van der Waals surface area contributed by atoms with E-state index < -0.39 is 0 Å². The van der Waals surface area contributed by atoms with Crippen molar-refractivity contribution in [2.24, 2.45) is 4.99 Å². The van der Waals surface area contributed by atoms with Crippen molar-refractivity contribution in [3.8, 4) is 5.75 Å². The minimum absolute atomic E-state index is 0.0120. The molecule has 0 radical (unpaired) electrons. The summed E-state index contributed by atoms with van der Waals surface area (Å²) in [5, 5.41) is 11.5. The number of aliphatic hydroxyl groups excluding tert-OH is 1. The second kappa shape index (κ2) is 5.73. The van der Waals surface area contributed by atoms with Gasteiger partial charge in [-0.15, -0.1) is 0 Å². The van der Waals surface area contributed by atoms with Crippen molar-refractivity contribution in [2.45, 2.75) is 32.4 Å². The van der Waals surface area contributed by atoms with E-state index in [-0.39, 0.29) is 18.6 Å². The molecule has 1 aromatic rings. The lowest BCUT2D eigenvalue weighted by Gasteiger charge is -2.26. The van der Waals surface area contributed by atoms with Gasteiger partial charge < -0.3 is 14.7 Å². The molecule has 6 heteroatoms. The van der Waals surface area contributed by atoms with E-state index in [0.29, 0.717) is 19.1 Å². The number of guanidine groups is 1. The summed E-state index contributed by atoms with van der Waals surface area (Å²) in [6.45, 7) is 3.31. The van der Waals surface area contributed by atoms with E-state index in [2.05, 4.69) is 10.3 Å². The Hall–Kier alpha value is -2.08. The highest BCUT2D eigenvalue weighted by molar-refractivity contribution is 6.07. The first-order valence-corrected chi connectivity index (χ1v) is 7.22. The van der Waals surface area contributed by atoms with Gasteiger partial charge in [0, 0.05) is 18.7 Å². The maximum absolute atomic E-state index is 11.7. The quantitative estimate of drug-likeness (QED) is 0.798. The molecular formula is C15H19N3O3. The smallest absolute Gasteiger partial charge is 0.249 e. The monoisotopic (exact) mass is 289 g/mol. The number of rotatable bonds is 5. The van der Waals surface area contributed by atoms with Crippen LogP contribution < -0.4 is 10.1 Å². The molecule has 3 rings (SSSR count). The van der Waals surface area contributed by atoms with Crippen molar-refractivity contribution in [1.82, 2.24) is 10.2 Å². The number of amides is 1. The molecule has 21 heavy (non-hydrogen) atoms. The van der Waals surface area contributed by atoms with Crippen LogP contribution in [0.3, 0.4) is 0 Å². The first-order chi connectivity index (χ1) is 10.2. The highest BCUT2D eigenvalue weighted by atomic mass is 16.5. The topological polar surface area (TPSA) is 74.2 Å². The molecule has 0 saturated carbocycles. The molecule has 1 fully saturated rings. The van der Waals surface area contributed by atoms with Gasteiger partial charge in [-0.05, 0) is 38.0 Å². The van der Waals surface area contributed by atoms with Crippen LogP contribution in [-0.2, 0) is 11.3 Å². The molecule has 1 unspecified atom stereocenters. The van der Waals surface area contributed by atoms with Gasteiger partial charge in [-0.25, -0.2) is 4.99 Å². The number of carbonyl (C=O) groups is 1. The number of unbranched alkanes of at least 4 members (excludes halogenated alkanes) is 1. The largest absolute Gasteiger partial charge is 0.494 e. The molecule has 2 aliphatic rings. The molecule has 0 aromatic heterocycles. The predicted octanol–water partition coefficient (Wildman–Crippen LogP) is 1.16. The van der Waals surface area contributed by atoms with E-state index in [0.717, 1.165) is 29.8 Å². The van der Waals surface area contributed by atoms with Crippen molar-refractivity contribution in [2.75, 3.05) is 13.2 Å². The van der Waals surface area contributed by atoms with Gasteiger partial charge in [0.15, 0.2) is 0 Å². The number of aliphatic imine (C=N–C) groups is 1. The van der Waals surface area contributed by atoms with Crippen LogP contribution in [0.15, 0.2) is 23.2 Å². The van der Waals surface area contributed by atoms with Gasteiger partial charge in [-0.1, -0.05) is 0 Å². The Morgan fingerprint density at radius 1 is 1.48 bits per heavy atom. The number of ether oxygens (including phenoxy) is 1. The molecule has 1 atom stereocenters. The highest BCUT2D eigenvalue weighted by Gasteiger charge is 2.35. The summed E-state index contributed by atoms with van der Waals surface area (Å²) in [4.78, 5) is 18.1. The molecule has 2 heterocycles. The summed E-state index contributed by atoms with van der Waals surface area (Å²) >= 11 is 0. The first-order valence-electron chi connectivity index (χ1n) is 7.22. The van der Waals surface area contributed by atoms with Crippen LogP contribution in [-0.4, -0.2) is 41.1 Å². The standard InChI is InChI=1S/C15H19N3O3/c1-10-14(20)17-15-16-13-5-4-12(21-7-3-2-6-19)8-11(13)9-18(10)15/h4-5,8,10,19H,2-3,6-7,9H2,1H3,(H,16,17,20). The maximum Gasteiger partial charge on any atom is 0.249 e. The number of benzene rings is 1. The maximum atomic E-state index is 11.7. The van der Waals surface area contributed by atoms with Crippen LogP contribution >= 0.6 is 0 Å². The molecule has 2 N–H and O–H groups in total. The van der Waals surface area contributed by atoms with Crippen molar-refractivity contribution in [3.63, 3.8) is 0 Å². The van der Waals surface area contributed by atoms with Gasteiger partial charge in [-0.2, -0.15) is 0 Å². The second-order valence-electron chi connectivity index (χ2n) is 5.30. The Morgan fingerprint density at radius 2 is 2.33 bits per heavy atom. The molecule has 112 valence electrons. The third-order valence-corrected chi connectivity index (χ3v) is 3.79. The third kappa shape index (κ3) is 2.71. The van der Waals surface area contributed by atoms with Gasteiger partial charge in [0.2, 0.25) is 11.9 Å². The summed E-state index contributed by atoms with van der Waals surface area (Å²) in [6, 6.07) is 5.59. The minimum Gasteiger partial charge on any atom is -0.494 e. The van der Waals surface area contributed by atoms with E-state index in [1.54, 1.807) is 0 Å². The lowest BCUT2D eigenvalue weighted by atomic mass is 10.1. The van der Waals surface area contributed by atoms with Gasteiger partial charge >= 0.3 is 0 Å².